The summed E-state index contributed by atoms with van der Waals surface area (Å²) in [7, 11) is 0. The number of carbonyl (C=O) groups excluding carboxylic acids is 1. The van der Waals surface area contributed by atoms with E-state index in [0.29, 0.717) is 13.0 Å². The molecule has 20 heavy (non-hydrogen) atoms. The van der Waals surface area contributed by atoms with Crippen molar-refractivity contribution in [2.75, 3.05) is 6.54 Å². The number of aromatic amines is 1. The lowest BCUT2D eigenvalue weighted by Gasteiger charge is -2.05. The van der Waals surface area contributed by atoms with E-state index in [2.05, 4.69) is 15.3 Å². The molecule has 1 aromatic carbocycles. The first-order valence-corrected chi connectivity index (χ1v) is 6.60. The van der Waals surface area contributed by atoms with E-state index in [0.717, 1.165) is 23.0 Å². The Labute approximate surface area is 116 Å². The van der Waals surface area contributed by atoms with Crippen molar-refractivity contribution >= 4 is 16.8 Å². The number of rotatable bonds is 5. The number of benzene rings is 1. The van der Waals surface area contributed by atoms with Gasteiger partial charge in [0.25, 0.3) is 0 Å². The lowest BCUT2D eigenvalue weighted by Crippen LogP contribution is -2.28. The number of aromatic nitrogens is 3. The Kier molecular flexibility index (Phi) is 3.50. The molecule has 0 unspecified atom stereocenters. The molecule has 0 aliphatic rings. The molecule has 2 heterocycles. The van der Waals surface area contributed by atoms with Gasteiger partial charge < -0.3 is 14.9 Å². The molecule has 0 spiro atoms. The number of amides is 1. The Balaban J connectivity index is 1.56. The van der Waals surface area contributed by atoms with Gasteiger partial charge in [0.1, 0.15) is 0 Å². The second-order valence-corrected chi connectivity index (χ2v) is 4.69. The molecule has 0 saturated carbocycles. The van der Waals surface area contributed by atoms with Crippen molar-refractivity contribution in [1.82, 2.24) is 19.9 Å². The third-order valence-corrected chi connectivity index (χ3v) is 3.28. The standard InChI is InChI=1S/C15H16N4O/c20-15(17-6-8-19-7-5-16-11-19)9-12-10-18-14-4-2-1-3-13(12)14/h1-5,7,10-11,18H,6,8-9H2,(H,17,20). The molecule has 102 valence electrons. The van der Waals surface area contributed by atoms with Gasteiger partial charge >= 0.3 is 0 Å². The second-order valence-electron chi connectivity index (χ2n) is 4.69. The smallest absolute Gasteiger partial charge is 0.224 e. The minimum Gasteiger partial charge on any atom is -0.361 e. The highest BCUT2D eigenvalue weighted by molar-refractivity contribution is 5.88. The van der Waals surface area contributed by atoms with E-state index >= 15 is 0 Å². The number of carbonyl (C=O) groups is 1. The summed E-state index contributed by atoms with van der Waals surface area (Å²) < 4.78 is 1.94. The number of para-hydroxylation sites is 1. The SMILES string of the molecule is O=C(Cc1c[nH]c2ccccc12)NCCn1ccnc1. The Morgan fingerprint density at radius 3 is 3.10 bits per heavy atom. The molecule has 5 nitrogen and oxygen atoms in total. The lowest BCUT2D eigenvalue weighted by atomic mass is 10.1. The van der Waals surface area contributed by atoms with E-state index in [9.17, 15) is 4.79 Å². The van der Waals surface area contributed by atoms with Crippen molar-refractivity contribution in [3.05, 3.63) is 54.7 Å². The number of fused-ring (bicyclic) bond motifs is 1. The topological polar surface area (TPSA) is 62.7 Å². The van der Waals surface area contributed by atoms with Crippen molar-refractivity contribution in [3.8, 4) is 0 Å². The molecule has 5 heteroatoms. The quantitative estimate of drug-likeness (QED) is 0.740. The summed E-state index contributed by atoms with van der Waals surface area (Å²) in [5.74, 6) is 0.0369. The van der Waals surface area contributed by atoms with Crippen LogP contribution in [-0.4, -0.2) is 27.0 Å². The van der Waals surface area contributed by atoms with Crippen LogP contribution < -0.4 is 5.32 Å². The molecule has 0 aliphatic heterocycles. The first kappa shape index (κ1) is 12.5. The van der Waals surface area contributed by atoms with Crippen molar-refractivity contribution in [1.29, 1.82) is 0 Å². The maximum Gasteiger partial charge on any atom is 0.224 e. The van der Waals surface area contributed by atoms with Crippen LogP contribution in [-0.2, 0) is 17.8 Å². The van der Waals surface area contributed by atoms with Crippen LogP contribution in [0.1, 0.15) is 5.56 Å². The molecule has 0 saturated heterocycles. The van der Waals surface area contributed by atoms with Crippen LogP contribution in [0.25, 0.3) is 10.9 Å². The number of H-pyrrole nitrogens is 1. The van der Waals surface area contributed by atoms with E-state index in [-0.39, 0.29) is 5.91 Å². The van der Waals surface area contributed by atoms with Crippen LogP contribution in [0, 0.1) is 0 Å². The summed E-state index contributed by atoms with van der Waals surface area (Å²) in [5, 5.41) is 4.03. The molecule has 0 atom stereocenters. The average Bonchev–Trinajstić information content (AvgIpc) is 3.09. The molecule has 3 rings (SSSR count). The summed E-state index contributed by atoms with van der Waals surface area (Å²) in [6, 6.07) is 8.00. The van der Waals surface area contributed by atoms with E-state index < -0.39 is 0 Å². The third-order valence-electron chi connectivity index (χ3n) is 3.28. The molecular weight excluding hydrogens is 252 g/mol. The predicted molar refractivity (Wildman–Crippen MR) is 77.2 cm³/mol. The third kappa shape index (κ3) is 2.71. The molecule has 1 amide bonds. The Bertz CT molecular complexity index is 700. The van der Waals surface area contributed by atoms with Crippen LogP contribution >= 0.6 is 0 Å². The van der Waals surface area contributed by atoms with Gasteiger partial charge in [-0.2, -0.15) is 0 Å². The predicted octanol–water partition coefficient (Wildman–Crippen LogP) is 1.72. The van der Waals surface area contributed by atoms with Crippen LogP contribution in [0.5, 0.6) is 0 Å². The van der Waals surface area contributed by atoms with Gasteiger partial charge in [-0.3, -0.25) is 4.79 Å². The fourth-order valence-electron chi connectivity index (χ4n) is 2.26. The fraction of sp³-hybridized carbons (Fsp3) is 0.200. The highest BCUT2D eigenvalue weighted by atomic mass is 16.1. The van der Waals surface area contributed by atoms with Gasteiger partial charge in [-0.05, 0) is 11.6 Å². The lowest BCUT2D eigenvalue weighted by molar-refractivity contribution is -0.120. The average molecular weight is 268 g/mol. The minimum atomic E-state index is 0.0369. The van der Waals surface area contributed by atoms with E-state index in [1.165, 1.54) is 0 Å². The Morgan fingerprint density at radius 2 is 2.25 bits per heavy atom. The highest BCUT2D eigenvalue weighted by Gasteiger charge is 2.07. The summed E-state index contributed by atoms with van der Waals surface area (Å²) >= 11 is 0. The van der Waals surface area contributed by atoms with Crippen molar-refractivity contribution in [3.63, 3.8) is 0 Å². The number of hydrogen-bond donors (Lipinski definition) is 2. The molecule has 0 aliphatic carbocycles. The number of nitrogens with zero attached hydrogens (tertiary/aromatic N) is 2. The van der Waals surface area contributed by atoms with Crippen LogP contribution in [0.2, 0.25) is 0 Å². The summed E-state index contributed by atoms with van der Waals surface area (Å²) in [4.78, 5) is 19.1. The molecule has 2 aromatic heterocycles. The summed E-state index contributed by atoms with van der Waals surface area (Å²) in [5.41, 5.74) is 2.09. The number of hydrogen-bond acceptors (Lipinski definition) is 2. The van der Waals surface area contributed by atoms with Crippen molar-refractivity contribution in [2.24, 2.45) is 0 Å². The maximum atomic E-state index is 11.9. The first-order valence-electron chi connectivity index (χ1n) is 6.60. The first-order chi connectivity index (χ1) is 9.83. The molecule has 0 fully saturated rings. The van der Waals surface area contributed by atoms with Crippen molar-refractivity contribution in [2.45, 2.75) is 13.0 Å². The van der Waals surface area contributed by atoms with Crippen LogP contribution in [0.3, 0.4) is 0 Å². The fourth-order valence-corrected chi connectivity index (χ4v) is 2.26. The van der Waals surface area contributed by atoms with E-state index in [1.807, 2.05) is 41.2 Å². The van der Waals surface area contributed by atoms with Crippen LogP contribution in [0.15, 0.2) is 49.2 Å². The van der Waals surface area contributed by atoms with Gasteiger partial charge in [0.05, 0.1) is 12.7 Å². The Morgan fingerprint density at radius 1 is 1.35 bits per heavy atom. The Hall–Kier alpha value is -2.56. The summed E-state index contributed by atoms with van der Waals surface area (Å²) in [6.07, 6.45) is 7.65. The van der Waals surface area contributed by atoms with Gasteiger partial charge in [-0.25, -0.2) is 4.98 Å². The normalized spacial score (nSPS) is 10.8. The van der Waals surface area contributed by atoms with Crippen LogP contribution in [0.4, 0.5) is 0 Å². The number of imidazole rings is 1. The maximum absolute atomic E-state index is 11.9. The van der Waals surface area contributed by atoms with Crippen molar-refractivity contribution < 1.29 is 4.79 Å². The largest absolute Gasteiger partial charge is 0.361 e. The zero-order valence-electron chi connectivity index (χ0n) is 11.0. The van der Waals surface area contributed by atoms with Gasteiger partial charge in [0.2, 0.25) is 5.91 Å². The molecule has 3 aromatic rings. The summed E-state index contributed by atoms with van der Waals surface area (Å²) in [6.45, 7) is 1.34. The van der Waals surface area contributed by atoms with Gasteiger partial charge in [0, 0.05) is 42.6 Å². The zero-order chi connectivity index (χ0) is 13.8. The number of nitrogens with one attached hydrogen (secondary N) is 2. The zero-order valence-corrected chi connectivity index (χ0v) is 11.0. The minimum absolute atomic E-state index is 0.0369. The molecule has 2 N–H and O–H groups in total. The van der Waals surface area contributed by atoms with Gasteiger partial charge in [-0.1, -0.05) is 18.2 Å². The second kappa shape index (κ2) is 5.61. The molecule has 0 bridgehead atoms. The van der Waals surface area contributed by atoms with Gasteiger partial charge in [0.15, 0.2) is 0 Å². The van der Waals surface area contributed by atoms with Gasteiger partial charge in [-0.15, -0.1) is 0 Å². The highest BCUT2D eigenvalue weighted by Crippen LogP contribution is 2.17. The molecular formula is C15H16N4O. The van der Waals surface area contributed by atoms with E-state index in [1.54, 1.807) is 12.5 Å². The molecule has 0 radical (unpaired) electrons. The monoisotopic (exact) mass is 268 g/mol. The van der Waals surface area contributed by atoms with E-state index in [4.69, 9.17) is 0 Å².